The quantitative estimate of drug-likeness (QED) is 0.828. The summed E-state index contributed by atoms with van der Waals surface area (Å²) >= 11 is 1.51. The standard InChI is InChI=1S/C13H17NO3S/c1-9(11-6-4-3-5-7-11)18-8-12(13(16)17)14-10(2)15/h3-7,9,12H,8H2,1-2H3,(H,14,15)(H,16,17). The van der Waals surface area contributed by atoms with Gasteiger partial charge in [-0.1, -0.05) is 30.3 Å². The number of hydrogen-bond acceptors (Lipinski definition) is 3. The van der Waals surface area contributed by atoms with Crippen LogP contribution in [0.4, 0.5) is 0 Å². The largest absolute Gasteiger partial charge is 0.480 e. The van der Waals surface area contributed by atoms with Crippen molar-refractivity contribution in [2.45, 2.75) is 25.1 Å². The molecular weight excluding hydrogens is 250 g/mol. The molecule has 0 fully saturated rings. The minimum absolute atomic E-state index is 0.196. The smallest absolute Gasteiger partial charge is 0.327 e. The van der Waals surface area contributed by atoms with Gasteiger partial charge in [0, 0.05) is 17.9 Å². The van der Waals surface area contributed by atoms with Crippen LogP contribution in [0, 0.1) is 0 Å². The molecule has 2 unspecified atom stereocenters. The zero-order chi connectivity index (χ0) is 13.5. The maximum atomic E-state index is 11.0. The Bertz CT molecular complexity index is 408. The number of nitrogens with one attached hydrogen (secondary N) is 1. The van der Waals surface area contributed by atoms with Crippen LogP contribution in [0.2, 0.25) is 0 Å². The number of aliphatic carboxylic acids is 1. The lowest BCUT2D eigenvalue weighted by atomic mass is 10.2. The second kappa shape index (κ2) is 7.06. The molecule has 0 saturated heterocycles. The molecule has 1 aromatic rings. The number of carboxylic acid groups (broad SMARTS) is 1. The van der Waals surface area contributed by atoms with Crippen molar-refractivity contribution in [3.8, 4) is 0 Å². The first-order valence-corrected chi connectivity index (χ1v) is 6.72. The van der Waals surface area contributed by atoms with Crippen LogP contribution < -0.4 is 5.32 Å². The van der Waals surface area contributed by atoms with E-state index in [4.69, 9.17) is 5.11 Å². The van der Waals surface area contributed by atoms with Crippen molar-refractivity contribution >= 4 is 23.6 Å². The van der Waals surface area contributed by atoms with E-state index in [1.54, 1.807) is 0 Å². The number of carboxylic acids is 1. The molecule has 5 heteroatoms. The number of rotatable bonds is 6. The van der Waals surface area contributed by atoms with Gasteiger partial charge in [0.2, 0.25) is 5.91 Å². The van der Waals surface area contributed by atoms with Crippen molar-refractivity contribution in [2.75, 3.05) is 5.75 Å². The summed E-state index contributed by atoms with van der Waals surface area (Å²) < 4.78 is 0. The minimum atomic E-state index is -1.00. The molecule has 0 heterocycles. The Hall–Kier alpha value is -1.49. The number of amides is 1. The van der Waals surface area contributed by atoms with E-state index in [9.17, 15) is 9.59 Å². The highest BCUT2D eigenvalue weighted by molar-refractivity contribution is 7.99. The Kier molecular flexibility index (Phi) is 5.71. The van der Waals surface area contributed by atoms with Crippen LogP contribution in [-0.2, 0) is 9.59 Å². The zero-order valence-electron chi connectivity index (χ0n) is 10.4. The minimum Gasteiger partial charge on any atom is -0.480 e. The van der Waals surface area contributed by atoms with Gasteiger partial charge in [-0.15, -0.1) is 0 Å². The molecule has 2 N–H and O–H groups in total. The normalized spacial score (nSPS) is 13.7. The number of carbonyl (C=O) groups is 2. The van der Waals surface area contributed by atoms with Crippen molar-refractivity contribution in [1.29, 1.82) is 0 Å². The fraction of sp³-hybridized carbons (Fsp3) is 0.385. The van der Waals surface area contributed by atoms with Gasteiger partial charge in [0.15, 0.2) is 0 Å². The van der Waals surface area contributed by atoms with E-state index in [1.807, 2.05) is 37.3 Å². The number of hydrogen-bond donors (Lipinski definition) is 2. The van der Waals surface area contributed by atoms with Gasteiger partial charge in [-0.25, -0.2) is 4.79 Å². The third kappa shape index (κ3) is 4.79. The van der Waals surface area contributed by atoms with Crippen LogP contribution in [-0.4, -0.2) is 28.8 Å². The van der Waals surface area contributed by atoms with Crippen molar-refractivity contribution in [2.24, 2.45) is 0 Å². The van der Waals surface area contributed by atoms with Gasteiger partial charge in [-0.2, -0.15) is 11.8 Å². The van der Waals surface area contributed by atoms with Gasteiger partial charge < -0.3 is 10.4 Å². The molecule has 0 saturated carbocycles. The topological polar surface area (TPSA) is 66.4 Å². The number of benzene rings is 1. The summed E-state index contributed by atoms with van der Waals surface area (Å²) in [6, 6.07) is 9.03. The van der Waals surface area contributed by atoms with Gasteiger partial charge in [-0.3, -0.25) is 4.79 Å². The monoisotopic (exact) mass is 267 g/mol. The van der Waals surface area contributed by atoms with Crippen LogP contribution in [0.25, 0.3) is 0 Å². The number of thioether (sulfide) groups is 1. The predicted molar refractivity (Wildman–Crippen MR) is 72.6 cm³/mol. The lowest BCUT2D eigenvalue weighted by molar-refractivity contribution is -0.140. The SMILES string of the molecule is CC(=O)NC(CSC(C)c1ccccc1)C(=O)O. The van der Waals surface area contributed by atoms with E-state index in [1.165, 1.54) is 18.7 Å². The van der Waals surface area contributed by atoms with Crippen molar-refractivity contribution in [3.63, 3.8) is 0 Å². The lowest BCUT2D eigenvalue weighted by Crippen LogP contribution is -2.41. The molecule has 4 nitrogen and oxygen atoms in total. The Morgan fingerprint density at radius 2 is 1.94 bits per heavy atom. The third-order valence-corrected chi connectivity index (χ3v) is 3.76. The van der Waals surface area contributed by atoms with Crippen LogP contribution in [0.5, 0.6) is 0 Å². The molecule has 0 aliphatic rings. The first kappa shape index (κ1) is 14.6. The van der Waals surface area contributed by atoms with Crippen LogP contribution in [0.15, 0.2) is 30.3 Å². The Morgan fingerprint density at radius 1 is 1.33 bits per heavy atom. The zero-order valence-corrected chi connectivity index (χ0v) is 11.2. The first-order valence-electron chi connectivity index (χ1n) is 5.67. The highest BCUT2D eigenvalue weighted by atomic mass is 32.2. The fourth-order valence-electron chi connectivity index (χ4n) is 1.48. The predicted octanol–water partition coefficient (Wildman–Crippen LogP) is 2.07. The summed E-state index contributed by atoms with van der Waals surface area (Å²) in [6.45, 7) is 3.34. The maximum absolute atomic E-state index is 11.0. The van der Waals surface area contributed by atoms with E-state index in [0.29, 0.717) is 5.75 Å². The van der Waals surface area contributed by atoms with E-state index in [0.717, 1.165) is 5.56 Å². The molecule has 1 aromatic carbocycles. The van der Waals surface area contributed by atoms with E-state index in [2.05, 4.69) is 5.32 Å². The van der Waals surface area contributed by atoms with Gasteiger partial charge >= 0.3 is 5.97 Å². The average Bonchev–Trinajstić information content (AvgIpc) is 2.34. The Labute approximate surface area is 111 Å². The molecule has 2 atom stereocenters. The maximum Gasteiger partial charge on any atom is 0.327 e. The Balaban J connectivity index is 2.52. The highest BCUT2D eigenvalue weighted by Gasteiger charge is 2.19. The molecule has 98 valence electrons. The molecule has 1 amide bonds. The first-order chi connectivity index (χ1) is 8.50. The van der Waals surface area contributed by atoms with Crippen molar-refractivity contribution < 1.29 is 14.7 Å². The van der Waals surface area contributed by atoms with Gasteiger partial charge in [0.25, 0.3) is 0 Å². The summed E-state index contributed by atoms with van der Waals surface area (Å²) in [6.07, 6.45) is 0. The summed E-state index contributed by atoms with van der Waals surface area (Å²) in [5.41, 5.74) is 1.15. The van der Waals surface area contributed by atoms with E-state index >= 15 is 0 Å². The average molecular weight is 267 g/mol. The summed E-state index contributed by atoms with van der Waals surface area (Å²) in [5.74, 6) is -0.973. The molecule has 18 heavy (non-hydrogen) atoms. The van der Waals surface area contributed by atoms with Crippen LogP contribution >= 0.6 is 11.8 Å². The van der Waals surface area contributed by atoms with E-state index < -0.39 is 12.0 Å². The molecule has 1 rings (SSSR count). The molecule has 0 aliphatic carbocycles. The van der Waals surface area contributed by atoms with Crippen LogP contribution in [0.3, 0.4) is 0 Å². The molecule has 0 spiro atoms. The molecule has 0 radical (unpaired) electrons. The van der Waals surface area contributed by atoms with Crippen molar-refractivity contribution in [1.82, 2.24) is 5.32 Å². The molecule has 0 aromatic heterocycles. The third-order valence-electron chi connectivity index (χ3n) is 2.46. The second-order valence-corrected chi connectivity index (χ2v) is 5.35. The lowest BCUT2D eigenvalue weighted by Gasteiger charge is -2.16. The highest BCUT2D eigenvalue weighted by Crippen LogP contribution is 2.28. The molecule has 0 aliphatic heterocycles. The summed E-state index contributed by atoms with van der Waals surface area (Å²) in [4.78, 5) is 21.8. The van der Waals surface area contributed by atoms with Gasteiger partial charge in [-0.05, 0) is 12.5 Å². The Morgan fingerprint density at radius 3 is 2.44 bits per heavy atom. The van der Waals surface area contributed by atoms with Gasteiger partial charge in [0.05, 0.1) is 0 Å². The number of carbonyl (C=O) groups excluding carboxylic acids is 1. The molecular formula is C13H17NO3S. The van der Waals surface area contributed by atoms with Gasteiger partial charge in [0.1, 0.15) is 6.04 Å². The second-order valence-electron chi connectivity index (χ2n) is 3.98. The van der Waals surface area contributed by atoms with E-state index in [-0.39, 0.29) is 11.2 Å². The molecule has 0 bridgehead atoms. The van der Waals surface area contributed by atoms with Crippen LogP contribution in [0.1, 0.15) is 24.7 Å². The summed E-state index contributed by atoms with van der Waals surface area (Å²) in [7, 11) is 0. The summed E-state index contributed by atoms with van der Waals surface area (Å²) in [5, 5.41) is 11.6. The fourth-order valence-corrected chi connectivity index (χ4v) is 2.54. The van der Waals surface area contributed by atoms with Crippen molar-refractivity contribution in [3.05, 3.63) is 35.9 Å².